The first-order valence-corrected chi connectivity index (χ1v) is 6.15. The molecule has 1 nitrogen and oxygen atoms in total. The van der Waals surface area contributed by atoms with Gasteiger partial charge in [-0.2, -0.15) is 0 Å². The first kappa shape index (κ1) is 10.5. The lowest BCUT2D eigenvalue weighted by Gasteiger charge is -2.21. The standard InChI is InChI=1S/C13H14ClFO/c14-10-3-1-2-9(8-10)12-13(16-12)6-4-11(15)5-7-13/h1-3,8,11-12H,4-7H2. The van der Waals surface area contributed by atoms with Crippen molar-refractivity contribution in [3.63, 3.8) is 0 Å². The molecule has 0 bridgehead atoms. The molecule has 16 heavy (non-hydrogen) atoms. The molecule has 2 fully saturated rings. The van der Waals surface area contributed by atoms with Gasteiger partial charge in [-0.15, -0.1) is 0 Å². The van der Waals surface area contributed by atoms with E-state index in [2.05, 4.69) is 0 Å². The molecule has 1 aromatic carbocycles. The minimum atomic E-state index is -0.630. The van der Waals surface area contributed by atoms with E-state index in [0.717, 1.165) is 23.4 Å². The van der Waals surface area contributed by atoms with Crippen molar-refractivity contribution in [3.8, 4) is 0 Å². The van der Waals surface area contributed by atoms with Gasteiger partial charge in [-0.05, 0) is 43.4 Å². The van der Waals surface area contributed by atoms with Crippen LogP contribution in [0.2, 0.25) is 5.02 Å². The fourth-order valence-electron chi connectivity index (χ4n) is 2.69. The Kier molecular flexibility index (Phi) is 2.45. The maximum atomic E-state index is 13.1. The van der Waals surface area contributed by atoms with Gasteiger partial charge < -0.3 is 4.74 Å². The largest absolute Gasteiger partial charge is 0.361 e. The monoisotopic (exact) mass is 240 g/mol. The number of benzene rings is 1. The number of epoxide rings is 1. The van der Waals surface area contributed by atoms with E-state index >= 15 is 0 Å². The normalized spacial score (nSPS) is 37.6. The van der Waals surface area contributed by atoms with Crippen LogP contribution in [-0.2, 0) is 4.74 Å². The zero-order valence-corrected chi connectivity index (χ0v) is 9.71. The summed E-state index contributed by atoms with van der Waals surface area (Å²) in [6.07, 6.45) is 2.46. The lowest BCUT2D eigenvalue weighted by Crippen LogP contribution is -2.22. The molecular weight excluding hydrogens is 227 g/mol. The molecule has 0 amide bonds. The smallest absolute Gasteiger partial charge is 0.112 e. The van der Waals surface area contributed by atoms with E-state index < -0.39 is 6.17 Å². The van der Waals surface area contributed by atoms with Gasteiger partial charge in [0.25, 0.3) is 0 Å². The van der Waals surface area contributed by atoms with Crippen LogP contribution >= 0.6 is 11.6 Å². The van der Waals surface area contributed by atoms with E-state index in [1.807, 2.05) is 24.3 Å². The van der Waals surface area contributed by atoms with Crippen molar-refractivity contribution in [2.45, 2.75) is 43.6 Å². The maximum absolute atomic E-state index is 13.1. The van der Waals surface area contributed by atoms with Crippen molar-refractivity contribution in [2.75, 3.05) is 0 Å². The Hall–Kier alpha value is -0.600. The number of alkyl halides is 1. The zero-order valence-electron chi connectivity index (χ0n) is 8.96. The van der Waals surface area contributed by atoms with Crippen LogP contribution in [0.25, 0.3) is 0 Å². The third-order valence-corrected chi connectivity index (χ3v) is 3.92. The first-order valence-electron chi connectivity index (χ1n) is 5.77. The summed E-state index contributed by atoms with van der Waals surface area (Å²) in [5.41, 5.74) is 1.05. The van der Waals surface area contributed by atoms with E-state index in [-0.39, 0.29) is 11.7 Å². The second kappa shape index (κ2) is 3.71. The fourth-order valence-corrected chi connectivity index (χ4v) is 2.89. The second-order valence-corrected chi connectivity index (χ2v) is 5.23. The van der Waals surface area contributed by atoms with E-state index in [1.54, 1.807) is 0 Å². The molecular formula is C13H14ClFO. The molecule has 1 aromatic rings. The van der Waals surface area contributed by atoms with Gasteiger partial charge in [0, 0.05) is 5.02 Å². The molecule has 0 aromatic heterocycles. The van der Waals surface area contributed by atoms with E-state index in [1.165, 1.54) is 0 Å². The Bertz CT molecular complexity index is 399. The molecule has 1 saturated carbocycles. The molecule has 3 rings (SSSR count). The first-order chi connectivity index (χ1) is 7.70. The van der Waals surface area contributed by atoms with Crippen molar-refractivity contribution in [3.05, 3.63) is 34.9 Å². The highest BCUT2D eigenvalue weighted by atomic mass is 35.5. The van der Waals surface area contributed by atoms with Crippen LogP contribution in [0.1, 0.15) is 37.4 Å². The van der Waals surface area contributed by atoms with Crippen LogP contribution < -0.4 is 0 Å². The molecule has 3 heteroatoms. The summed E-state index contributed by atoms with van der Waals surface area (Å²) >= 11 is 5.95. The molecule has 1 spiro atoms. The summed E-state index contributed by atoms with van der Waals surface area (Å²) in [5, 5.41) is 0.738. The highest BCUT2D eigenvalue weighted by Crippen LogP contribution is 2.57. The summed E-state index contributed by atoms with van der Waals surface area (Å²) in [6, 6.07) is 7.78. The van der Waals surface area contributed by atoms with E-state index in [4.69, 9.17) is 16.3 Å². The maximum Gasteiger partial charge on any atom is 0.112 e. The van der Waals surface area contributed by atoms with Crippen LogP contribution in [-0.4, -0.2) is 11.8 Å². The number of ether oxygens (including phenoxy) is 1. The summed E-state index contributed by atoms with van der Waals surface area (Å²) in [4.78, 5) is 0. The van der Waals surface area contributed by atoms with Crippen molar-refractivity contribution in [2.24, 2.45) is 0 Å². The molecule has 0 radical (unpaired) electrons. The summed E-state index contributed by atoms with van der Waals surface area (Å²) in [5.74, 6) is 0. The average Bonchev–Trinajstić information content (AvgIpc) is 2.98. The Morgan fingerprint density at radius 1 is 1.31 bits per heavy atom. The molecule has 2 aliphatic rings. The molecule has 86 valence electrons. The molecule has 1 aliphatic heterocycles. The fraction of sp³-hybridized carbons (Fsp3) is 0.538. The van der Waals surface area contributed by atoms with Crippen LogP contribution in [0.5, 0.6) is 0 Å². The lowest BCUT2D eigenvalue weighted by molar-refractivity contribution is 0.164. The van der Waals surface area contributed by atoms with Crippen molar-refractivity contribution < 1.29 is 9.13 Å². The molecule has 1 unspecified atom stereocenters. The SMILES string of the molecule is FC1CCC2(CC1)OC2c1cccc(Cl)c1. The third-order valence-electron chi connectivity index (χ3n) is 3.69. The molecule has 1 atom stereocenters. The van der Waals surface area contributed by atoms with Crippen molar-refractivity contribution in [1.29, 1.82) is 0 Å². The predicted molar refractivity (Wildman–Crippen MR) is 61.4 cm³/mol. The molecule has 1 aliphatic carbocycles. The Labute approximate surface area is 99.6 Å². The van der Waals surface area contributed by atoms with Crippen molar-refractivity contribution >= 4 is 11.6 Å². The van der Waals surface area contributed by atoms with Gasteiger partial charge in [0.15, 0.2) is 0 Å². The quantitative estimate of drug-likeness (QED) is 0.675. The summed E-state index contributed by atoms with van der Waals surface area (Å²) in [6.45, 7) is 0. The lowest BCUT2D eigenvalue weighted by atomic mass is 9.83. The third kappa shape index (κ3) is 1.74. The van der Waals surface area contributed by atoms with Gasteiger partial charge >= 0.3 is 0 Å². The Morgan fingerprint density at radius 2 is 2.06 bits per heavy atom. The Morgan fingerprint density at radius 3 is 2.75 bits per heavy atom. The average molecular weight is 241 g/mol. The Balaban J connectivity index is 1.76. The van der Waals surface area contributed by atoms with Gasteiger partial charge in [-0.3, -0.25) is 0 Å². The van der Waals surface area contributed by atoms with Crippen LogP contribution in [0.3, 0.4) is 0 Å². The minimum absolute atomic E-state index is 0.0761. The number of hydrogen-bond donors (Lipinski definition) is 0. The van der Waals surface area contributed by atoms with Crippen LogP contribution in [0, 0.1) is 0 Å². The second-order valence-electron chi connectivity index (χ2n) is 4.79. The number of rotatable bonds is 1. The van der Waals surface area contributed by atoms with E-state index in [9.17, 15) is 4.39 Å². The molecule has 1 heterocycles. The van der Waals surface area contributed by atoms with Crippen LogP contribution in [0.15, 0.2) is 24.3 Å². The zero-order chi connectivity index (χ0) is 11.2. The molecule has 0 N–H and O–H groups in total. The van der Waals surface area contributed by atoms with Crippen molar-refractivity contribution in [1.82, 2.24) is 0 Å². The van der Waals surface area contributed by atoms with Gasteiger partial charge in [-0.25, -0.2) is 4.39 Å². The van der Waals surface area contributed by atoms with Gasteiger partial charge in [0.1, 0.15) is 12.3 Å². The topological polar surface area (TPSA) is 12.5 Å². The van der Waals surface area contributed by atoms with E-state index in [0.29, 0.717) is 12.8 Å². The highest BCUT2D eigenvalue weighted by Gasteiger charge is 2.57. The summed E-state index contributed by atoms with van der Waals surface area (Å²) < 4.78 is 18.9. The summed E-state index contributed by atoms with van der Waals surface area (Å²) in [7, 11) is 0. The number of hydrogen-bond acceptors (Lipinski definition) is 1. The minimum Gasteiger partial charge on any atom is -0.361 e. The highest BCUT2D eigenvalue weighted by molar-refractivity contribution is 6.30. The van der Waals surface area contributed by atoms with Crippen LogP contribution in [0.4, 0.5) is 4.39 Å². The predicted octanol–water partition coefficient (Wildman–Crippen LogP) is 4.06. The van der Waals surface area contributed by atoms with Gasteiger partial charge in [0.2, 0.25) is 0 Å². The number of halogens is 2. The van der Waals surface area contributed by atoms with Gasteiger partial charge in [0.05, 0.1) is 5.60 Å². The molecule has 1 saturated heterocycles. The van der Waals surface area contributed by atoms with Gasteiger partial charge in [-0.1, -0.05) is 23.7 Å².